The van der Waals surface area contributed by atoms with Gasteiger partial charge in [-0.15, -0.1) is 0 Å². The van der Waals surface area contributed by atoms with Crippen molar-refractivity contribution in [3.63, 3.8) is 0 Å². The number of likely N-dealkylation sites (tertiary alicyclic amines) is 1. The Morgan fingerprint density at radius 2 is 2.14 bits per heavy atom. The first-order valence-electron chi connectivity index (χ1n) is 7.09. The highest BCUT2D eigenvalue weighted by Gasteiger charge is 2.38. The fourth-order valence-electron chi connectivity index (χ4n) is 2.76. The Bertz CT molecular complexity index is 726. The molecular formula is C16H16FN3O2. The van der Waals surface area contributed by atoms with Gasteiger partial charge < -0.3 is 0 Å². The number of hydrogen-bond acceptors (Lipinski definition) is 3. The molecule has 6 heteroatoms. The van der Waals surface area contributed by atoms with E-state index in [1.807, 2.05) is 6.20 Å². The lowest BCUT2D eigenvalue weighted by Crippen LogP contribution is -2.30. The van der Waals surface area contributed by atoms with Crippen LogP contribution in [-0.4, -0.2) is 26.5 Å². The molecule has 114 valence electrons. The highest BCUT2D eigenvalue weighted by atomic mass is 19.1. The molecule has 0 radical (unpaired) electrons. The second-order valence-electron chi connectivity index (χ2n) is 5.58. The van der Waals surface area contributed by atoms with Crippen molar-refractivity contribution in [2.45, 2.75) is 19.4 Å². The van der Waals surface area contributed by atoms with E-state index in [1.165, 1.54) is 17.0 Å². The van der Waals surface area contributed by atoms with Gasteiger partial charge in [0.25, 0.3) is 0 Å². The van der Waals surface area contributed by atoms with Crippen LogP contribution in [-0.2, 0) is 29.6 Å². The average Bonchev–Trinajstić information content (AvgIpc) is 2.98. The first-order chi connectivity index (χ1) is 10.5. The molecule has 22 heavy (non-hydrogen) atoms. The van der Waals surface area contributed by atoms with Gasteiger partial charge in [-0.05, 0) is 29.7 Å². The zero-order valence-corrected chi connectivity index (χ0v) is 12.2. The molecular weight excluding hydrogens is 285 g/mol. The summed E-state index contributed by atoms with van der Waals surface area (Å²) in [5.74, 6) is -1.13. The summed E-state index contributed by atoms with van der Waals surface area (Å²) in [5, 5.41) is 4.06. The minimum absolute atomic E-state index is 0.124. The van der Waals surface area contributed by atoms with Crippen LogP contribution in [0.3, 0.4) is 0 Å². The summed E-state index contributed by atoms with van der Waals surface area (Å²) < 4.78 is 14.9. The Morgan fingerprint density at radius 1 is 1.32 bits per heavy atom. The highest BCUT2D eigenvalue weighted by molar-refractivity contribution is 6.03. The molecule has 2 amide bonds. The normalized spacial score (nSPS) is 18.3. The Kier molecular flexibility index (Phi) is 3.75. The zero-order chi connectivity index (χ0) is 15.7. The molecule has 0 aliphatic carbocycles. The lowest BCUT2D eigenvalue weighted by atomic mass is 10.0. The van der Waals surface area contributed by atoms with E-state index >= 15 is 0 Å². The fourth-order valence-corrected chi connectivity index (χ4v) is 2.76. The minimum atomic E-state index is -0.372. The van der Waals surface area contributed by atoms with Gasteiger partial charge in [-0.3, -0.25) is 19.2 Å². The van der Waals surface area contributed by atoms with E-state index in [4.69, 9.17) is 0 Å². The van der Waals surface area contributed by atoms with E-state index in [1.54, 1.807) is 30.1 Å². The molecule has 2 heterocycles. The van der Waals surface area contributed by atoms with E-state index in [0.717, 1.165) is 5.56 Å². The van der Waals surface area contributed by atoms with Crippen LogP contribution in [0.4, 0.5) is 4.39 Å². The van der Waals surface area contributed by atoms with Crippen molar-refractivity contribution in [1.82, 2.24) is 14.7 Å². The second kappa shape index (κ2) is 5.71. The monoisotopic (exact) mass is 301 g/mol. The van der Waals surface area contributed by atoms with Crippen molar-refractivity contribution in [2.75, 3.05) is 0 Å². The predicted molar refractivity (Wildman–Crippen MR) is 77.0 cm³/mol. The summed E-state index contributed by atoms with van der Waals surface area (Å²) in [5.41, 5.74) is 1.55. The molecule has 0 N–H and O–H groups in total. The molecule has 3 rings (SSSR count). The molecule has 1 aromatic carbocycles. The van der Waals surface area contributed by atoms with E-state index in [2.05, 4.69) is 5.10 Å². The van der Waals surface area contributed by atoms with Gasteiger partial charge in [0, 0.05) is 19.7 Å². The molecule has 1 aliphatic rings. The third-order valence-electron chi connectivity index (χ3n) is 3.81. The van der Waals surface area contributed by atoms with Crippen molar-refractivity contribution in [1.29, 1.82) is 0 Å². The maximum absolute atomic E-state index is 13.2. The maximum Gasteiger partial charge on any atom is 0.233 e. The number of amides is 2. The van der Waals surface area contributed by atoms with Crippen LogP contribution < -0.4 is 0 Å². The molecule has 0 unspecified atom stereocenters. The molecule has 0 saturated carbocycles. The van der Waals surface area contributed by atoms with Crippen molar-refractivity contribution in [2.24, 2.45) is 13.0 Å². The average molecular weight is 301 g/mol. The number of carbonyl (C=O) groups is 2. The second-order valence-corrected chi connectivity index (χ2v) is 5.58. The number of benzene rings is 1. The standard InChI is InChI=1S/C16H16FN3O2/c1-19-9-12(8-18-19)5-13-7-15(21)20(16(13)22)10-11-3-2-4-14(17)6-11/h2-4,6,8-9,13H,5,7,10H2,1H3/t13-/m1/s1. The lowest BCUT2D eigenvalue weighted by Gasteiger charge is -2.15. The number of hydrogen-bond donors (Lipinski definition) is 0. The topological polar surface area (TPSA) is 55.2 Å². The van der Waals surface area contributed by atoms with Crippen molar-refractivity contribution < 1.29 is 14.0 Å². The van der Waals surface area contributed by atoms with Gasteiger partial charge in [0.1, 0.15) is 5.82 Å². The number of rotatable bonds is 4. The van der Waals surface area contributed by atoms with Gasteiger partial charge in [-0.2, -0.15) is 5.10 Å². The molecule has 0 spiro atoms. The largest absolute Gasteiger partial charge is 0.278 e. The van der Waals surface area contributed by atoms with Gasteiger partial charge in [0.05, 0.1) is 18.7 Å². The van der Waals surface area contributed by atoms with Crippen LogP contribution >= 0.6 is 0 Å². The first-order valence-corrected chi connectivity index (χ1v) is 7.09. The number of aromatic nitrogens is 2. The van der Waals surface area contributed by atoms with E-state index in [0.29, 0.717) is 12.0 Å². The predicted octanol–water partition coefficient (Wildman–Crippen LogP) is 1.68. The van der Waals surface area contributed by atoms with E-state index in [-0.39, 0.29) is 36.5 Å². The summed E-state index contributed by atoms with van der Waals surface area (Å²) in [4.78, 5) is 25.7. The first kappa shape index (κ1) is 14.4. The van der Waals surface area contributed by atoms with Crippen LogP contribution in [0.25, 0.3) is 0 Å². The lowest BCUT2D eigenvalue weighted by molar-refractivity contribution is -0.140. The molecule has 1 atom stereocenters. The quantitative estimate of drug-likeness (QED) is 0.807. The summed E-state index contributed by atoms with van der Waals surface area (Å²) in [6, 6.07) is 5.96. The van der Waals surface area contributed by atoms with Crippen LogP contribution in [0.2, 0.25) is 0 Å². The van der Waals surface area contributed by atoms with Crippen LogP contribution in [0.1, 0.15) is 17.5 Å². The summed E-state index contributed by atoms with van der Waals surface area (Å²) >= 11 is 0. The van der Waals surface area contributed by atoms with Gasteiger partial charge in [0.15, 0.2) is 0 Å². The number of carbonyl (C=O) groups excluding carboxylic acids is 2. The van der Waals surface area contributed by atoms with Crippen LogP contribution in [0.5, 0.6) is 0 Å². The third-order valence-corrected chi connectivity index (χ3v) is 3.81. The van der Waals surface area contributed by atoms with Gasteiger partial charge >= 0.3 is 0 Å². The Morgan fingerprint density at radius 3 is 2.82 bits per heavy atom. The van der Waals surface area contributed by atoms with Gasteiger partial charge in [-0.1, -0.05) is 12.1 Å². The third kappa shape index (κ3) is 2.90. The van der Waals surface area contributed by atoms with E-state index < -0.39 is 0 Å². The molecule has 2 aromatic rings. The molecule has 5 nitrogen and oxygen atoms in total. The van der Waals surface area contributed by atoms with Crippen molar-refractivity contribution >= 4 is 11.8 Å². The fraction of sp³-hybridized carbons (Fsp3) is 0.312. The SMILES string of the molecule is Cn1cc(C[C@@H]2CC(=O)N(Cc3cccc(F)c3)C2=O)cn1. The summed E-state index contributed by atoms with van der Waals surface area (Å²) in [6.45, 7) is 0.124. The summed E-state index contributed by atoms with van der Waals surface area (Å²) in [7, 11) is 1.81. The van der Waals surface area contributed by atoms with Gasteiger partial charge in [0.2, 0.25) is 11.8 Å². The minimum Gasteiger partial charge on any atom is -0.278 e. The Hall–Kier alpha value is -2.50. The summed E-state index contributed by atoms with van der Waals surface area (Å²) in [6.07, 6.45) is 4.24. The number of aryl methyl sites for hydroxylation is 1. The Balaban J connectivity index is 1.71. The Labute approximate surface area is 127 Å². The van der Waals surface area contributed by atoms with Gasteiger partial charge in [-0.25, -0.2) is 4.39 Å². The number of imide groups is 1. The number of halogens is 1. The molecule has 1 aliphatic heterocycles. The molecule has 1 fully saturated rings. The van der Waals surface area contributed by atoms with Crippen LogP contribution in [0, 0.1) is 11.7 Å². The highest BCUT2D eigenvalue weighted by Crippen LogP contribution is 2.25. The smallest absolute Gasteiger partial charge is 0.233 e. The zero-order valence-electron chi connectivity index (χ0n) is 12.2. The van der Waals surface area contributed by atoms with Crippen molar-refractivity contribution in [3.05, 3.63) is 53.6 Å². The van der Waals surface area contributed by atoms with Crippen molar-refractivity contribution in [3.8, 4) is 0 Å². The number of nitrogens with zero attached hydrogens (tertiary/aromatic N) is 3. The van der Waals surface area contributed by atoms with E-state index in [9.17, 15) is 14.0 Å². The molecule has 0 bridgehead atoms. The molecule has 1 aromatic heterocycles. The maximum atomic E-state index is 13.2. The molecule has 1 saturated heterocycles. The van der Waals surface area contributed by atoms with Crippen LogP contribution in [0.15, 0.2) is 36.7 Å².